The number of carbonyl (C=O) groups is 2. The molecule has 0 aromatic heterocycles. The van der Waals surface area contributed by atoms with Crippen molar-refractivity contribution in [2.24, 2.45) is 0 Å². The summed E-state index contributed by atoms with van der Waals surface area (Å²) in [4.78, 5) is 23.2. The van der Waals surface area contributed by atoms with E-state index < -0.39 is 11.9 Å². The smallest absolute Gasteiger partial charge is 0.352 e. The maximum atomic E-state index is 12.0. The number of aliphatic carboxylic acids is 1. The van der Waals surface area contributed by atoms with Crippen LogP contribution in [0.5, 0.6) is 0 Å². The predicted molar refractivity (Wildman–Crippen MR) is 81.0 cm³/mol. The third-order valence-electron chi connectivity index (χ3n) is 2.67. The summed E-state index contributed by atoms with van der Waals surface area (Å²) in [5.41, 5.74) is 0.759. The molecule has 21 heavy (non-hydrogen) atoms. The molecule has 2 aromatic rings. The topological polar surface area (TPSA) is 66.4 Å². The first-order valence-corrected chi connectivity index (χ1v) is 6.51. The highest BCUT2D eigenvalue weighted by atomic mass is 35.5. The molecule has 0 atom stereocenters. The Labute approximate surface area is 126 Å². The summed E-state index contributed by atoms with van der Waals surface area (Å²) in [5, 5.41) is 12.1. The van der Waals surface area contributed by atoms with Crippen molar-refractivity contribution in [3.8, 4) is 0 Å². The van der Waals surface area contributed by atoms with Gasteiger partial charge >= 0.3 is 5.97 Å². The van der Waals surface area contributed by atoms with Gasteiger partial charge in [0.2, 0.25) is 0 Å². The van der Waals surface area contributed by atoms with Gasteiger partial charge in [-0.3, -0.25) is 4.79 Å². The van der Waals surface area contributed by atoms with Crippen LogP contribution in [0, 0.1) is 0 Å². The summed E-state index contributed by atoms with van der Waals surface area (Å²) in [6.07, 6.45) is 1.36. The van der Waals surface area contributed by atoms with Crippen molar-refractivity contribution in [2.75, 3.05) is 0 Å². The number of carboxylic acids is 1. The summed E-state index contributed by atoms with van der Waals surface area (Å²) in [6.45, 7) is 0. The van der Waals surface area contributed by atoms with Crippen LogP contribution in [-0.4, -0.2) is 17.0 Å². The van der Waals surface area contributed by atoms with Crippen LogP contribution in [0.2, 0.25) is 5.02 Å². The van der Waals surface area contributed by atoms with E-state index in [1.165, 1.54) is 6.08 Å². The van der Waals surface area contributed by atoms with Crippen LogP contribution in [0.3, 0.4) is 0 Å². The van der Waals surface area contributed by atoms with Crippen molar-refractivity contribution in [1.29, 1.82) is 0 Å². The zero-order valence-electron chi connectivity index (χ0n) is 10.9. The summed E-state index contributed by atoms with van der Waals surface area (Å²) < 4.78 is 0. The lowest BCUT2D eigenvalue weighted by atomic mass is 10.1. The Morgan fingerprint density at radius 2 is 1.76 bits per heavy atom. The van der Waals surface area contributed by atoms with Crippen molar-refractivity contribution in [3.05, 3.63) is 76.4 Å². The number of carbonyl (C=O) groups excluding carboxylic acids is 1. The predicted octanol–water partition coefficient (Wildman–Crippen LogP) is 3.20. The Kier molecular flexibility index (Phi) is 4.74. The second kappa shape index (κ2) is 6.72. The second-order valence-electron chi connectivity index (χ2n) is 4.24. The molecular formula is C16H12ClNO3. The molecule has 106 valence electrons. The Bertz CT molecular complexity index is 696. The first kappa shape index (κ1) is 14.8. The van der Waals surface area contributed by atoms with Gasteiger partial charge in [0.05, 0.1) is 0 Å². The first-order valence-electron chi connectivity index (χ1n) is 6.13. The molecule has 0 heterocycles. The lowest BCUT2D eigenvalue weighted by Crippen LogP contribution is -2.27. The lowest BCUT2D eigenvalue weighted by Gasteiger charge is -2.06. The molecule has 0 saturated carbocycles. The standard InChI is InChI=1S/C16H12ClNO3/c17-13-8-4-5-11(9-13)10-14(16(20)21)18-15(19)12-6-2-1-3-7-12/h1-10H,(H,18,19)(H,20,21). The van der Waals surface area contributed by atoms with E-state index in [0.29, 0.717) is 16.1 Å². The molecular weight excluding hydrogens is 290 g/mol. The number of rotatable bonds is 4. The van der Waals surface area contributed by atoms with Crippen LogP contribution >= 0.6 is 11.6 Å². The highest BCUT2D eigenvalue weighted by molar-refractivity contribution is 6.30. The van der Waals surface area contributed by atoms with Crippen molar-refractivity contribution in [3.63, 3.8) is 0 Å². The molecule has 0 spiro atoms. The quantitative estimate of drug-likeness (QED) is 0.852. The van der Waals surface area contributed by atoms with Gasteiger partial charge in [-0.2, -0.15) is 0 Å². The fourth-order valence-electron chi connectivity index (χ4n) is 1.70. The Hall–Kier alpha value is -2.59. The van der Waals surface area contributed by atoms with Gasteiger partial charge in [0.25, 0.3) is 5.91 Å². The van der Waals surface area contributed by atoms with Gasteiger partial charge < -0.3 is 10.4 Å². The monoisotopic (exact) mass is 301 g/mol. The van der Waals surface area contributed by atoms with Crippen molar-refractivity contribution >= 4 is 29.6 Å². The normalized spacial score (nSPS) is 11.0. The largest absolute Gasteiger partial charge is 0.477 e. The van der Waals surface area contributed by atoms with Gasteiger partial charge in [0.15, 0.2) is 0 Å². The first-order chi connectivity index (χ1) is 10.1. The third-order valence-corrected chi connectivity index (χ3v) is 2.91. The third kappa shape index (κ3) is 4.19. The molecule has 5 heteroatoms. The molecule has 0 aliphatic carbocycles. The van der Waals surface area contributed by atoms with Gasteiger partial charge in [0, 0.05) is 10.6 Å². The molecule has 0 aliphatic heterocycles. The van der Waals surface area contributed by atoms with E-state index in [4.69, 9.17) is 11.6 Å². The molecule has 2 N–H and O–H groups in total. The highest BCUT2D eigenvalue weighted by Gasteiger charge is 2.13. The number of halogens is 1. The highest BCUT2D eigenvalue weighted by Crippen LogP contribution is 2.13. The van der Waals surface area contributed by atoms with Crippen LogP contribution in [0.4, 0.5) is 0 Å². The van der Waals surface area contributed by atoms with Crippen LogP contribution in [0.1, 0.15) is 15.9 Å². The van der Waals surface area contributed by atoms with E-state index in [-0.39, 0.29) is 5.70 Å². The maximum Gasteiger partial charge on any atom is 0.352 e. The Morgan fingerprint density at radius 1 is 1.05 bits per heavy atom. The van der Waals surface area contributed by atoms with Gasteiger partial charge in [-0.15, -0.1) is 0 Å². The molecule has 0 unspecified atom stereocenters. The lowest BCUT2D eigenvalue weighted by molar-refractivity contribution is -0.132. The average Bonchev–Trinajstić information content (AvgIpc) is 2.47. The minimum absolute atomic E-state index is 0.217. The number of nitrogens with one attached hydrogen (secondary N) is 1. The van der Waals surface area contributed by atoms with Crippen molar-refractivity contribution in [2.45, 2.75) is 0 Å². The molecule has 1 amide bonds. The Morgan fingerprint density at radius 3 is 2.38 bits per heavy atom. The number of benzene rings is 2. The molecule has 0 fully saturated rings. The zero-order valence-corrected chi connectivity index (χ0v) is 11.7. The number of hydrogen-bond acceptors (Lipinski definition) is 2. The minimum atomic E-state index is -1.22. The van der Waals surface area contributed by atoms with Crippen LogP contribution in [0.25, 0.3) is 6.08 Å². The van der Waals surface area contributed by atoms with Gasteiger partial charge in [-0.05, 0) is 35.9 Å². The number of carboxylic acid groups (broad SMARTS) is 1. The summed E-state index contributed by atoms with van der Waals surface area (Å²) in [5.74, 6) is -1.70. The zero-order chi connectivity index (χ0) is 15.2. The van der Waals surface area contributed by atoms with Gasteiger partial charge in [-0.1, -0.05) is 41.9 Å². The fraction of sp³-hybridized carbons (Fsp3) is 0. The average molecular weight is 302 g/mol. The summed E-state index contributed by atoms with van der Waals surface area (Å²) >= 11 is 5.85. The van der Waals surface area contributed by atoms with E-state index in [2.05, 4.69) is 5.32 Å². The van der Waals surface area contributed by atoms with Gasteiger partial charge in [-0.25, -0.2) is 4.79 Å². The van der Waals surface area contributed by atoms with E-state index in [9.17, 15) is 14.7 Å². The summed E-state index contributed by atoms with van der Waals surface area (Å²) in [7, 11) is 0. The molecule has 0 radical (unpaired) electrons. The van der Waals surface area contributed by atoms with Crippen molar-refractivity contribution in [1.82, 2.24) is 5.32 Å². The van der Waals surface area contributed by atoms with Crippen LogP contribution in [-0.2, 0) is 4.79 Å². The Balaban J connectivity index is 2.24. The molecule has 0 saturated heterocycles. The second-order valence-corrected chi connectivity index (χ2v) is 4.67. The maximum absolute atomic E-state index is 12.0. The minimum Gasteiger partial charge on any atom is -0.477 e. The van der Waals surface area contributed by atoms with Crippen molar-refractivity contribution < 1.29 is 14.7 Å². The van der Waals surface area contributed by atoms with E-state index in [0.717, 1.165) is 0 Å². The van der Waals surface area contributed by atoms with E-state index in [1.807, 2.05) is 0 Å². The number of amides is 1. The van der Waals surface area contributed by atoms with Crippen LogP contribution in [0.15, 0.2) is 60.3 Å². The molecule has 2 rings (SSSR count). The van der Waals surface area contributed by atoms with E-state index in [1.54, 1.807) is 54.6 Å². The van der Waals surface area contributed by atoms with Gasteiger partial charge in [0.1, 0.15) is 5.70 Å². The SMILES string of the molecule is O=C(O)C(=Cc1cccc(Cl)c1)NC(=O)c1ccccc1. The molecule has 0 aliphatic rings. The summed E-state index contributed by atoms with van der Waals surface area (Å²) in [6, 6.07) is 15.1. The molecule has 4 nitrogen and oxygen atoms in total. The number of hydrogen-bond donors (Lipinski definition) is 2. The van der Waals surface area contributed by atoms with Crippen LogP contribution < -0.4 is 5.32 Å². The fourth-order valence-corrected chi connectivity index (χ4v) is 1.90. The molecule has 0 bridgehead atoms. The van der Waals surface area contributed by atoms with E-state index >= 15 is 0 Å². The molecule has 2 aromatic carbocycles.